The fourth-order valence-corrected chi connectivity index (χ4v) is 3.10. The van der Waals surface area contributed by atoms with Crippen LogP contribution in [-0.4, -0.2) is 26.4 Å². The Morgan fingerprint density at radius 3 is 2.52 bits per heavy atom. The molecule has 0 saturated heterocycles. The van der Waals surface area contributed by atoms with Crippen molar-refractivity contribution in [3.05, 3.63) is 77.1 Å². The van der Waals surface area contributed by atoms with Gasteiger partial charge >= 0.3 is 5.97 Å². The first kappa shape index (κ1) is 18.6. The number of carboxylic acid groups (broad SMARTS) is 1. The fraction of sp³-hybridized carbons (Fsp3) is 0.227. The maximum atomic E-state index is 11.8. The van der Waals surface area contributed by atoms with Gasteiger partial charge in [-0.05, 0) is 31.4 Å². The van der Waals surface area contributed by atoms with E-state index in [1.165, 1.54) is 12.5 Å². The van der Waals surface area contributed by atoms with E-state index >= 15 is 0 Å². The van der Waals surface area contributed by atoms with E-state index in [4.69, 9.17) is 0 Å². The van der Waals surface area contributed by atoms with E-state index < -0.39 is 5.97 Å². The van der Waals surface area contributed by atoms with Crippen molar-refractivity contribution >= 4 is 11.8 Å². The molecule has 27 heavy (non-hydrogen) atoms. The summed E-state index contributed by atoms with van der Waals surface area (Å²) in [5.74, 6) is -0.621. The molecule has 0 atom stereocenters. The topological polar surface area (TPSA) is 72.2 Å². The van der Waals surface area contributed by atoms with E-state index in [1.54, 1.807) is 18.3 Å². The van der Waals surface area contributed by atoms with Crippen LogP contribution in [0.4, 0.5) is 0 Å². The maximum absolute atomic E-state index is 11.8. The number of carboxylic acids is 1. The average Bonchev–Trinajstić information content (AvgIpc) is 3.07. The minimum Gasteiger partial charge on any atom is -0.478 e. The van der Waals surface area contributed by atoms with Crippen LogP contribution >= 0.6 is 0 Å². The number of nitrogens with zero attached hydrogens (tertiary/aromatic N) is 2. The highest BCUT2D eigenvalue weighted by molar-refractivity contribution is 5.96. The van der Waals surface area contributed by atoms with Gasteiger partial charge in [0.1, 0.15) is 11.5 Å². The number of aromatic nitrogens is 2. The summed E-state index contributed by atoms with van der Waals surface area (Å²) >= 11 is 0. The standard InChI is InChI=1S/C22H22N2O3/c1-15-10-11-18(19(13-15)22(26)27)21-23-20(16(2)25)14-24(21)12-6-9-17-7-4-3-5-8-17/h3-5,7-8,10-11,13-14H,6,9,12H2,1-2H3,(H,26,27). The first-order valence-corrected chi connectivity index (χ1v) is 8.92. The van der Waals surface area contributed by atoms with E-state index in [9.17, 15) is 14.7 Å². The number of hydrogen-bond acceptors (Lipinski definition) is 3. The minimum absolute atomic E-state index is 0.137. The molecule has 0 bridgehead atoms. The number of aromatic carboxylic acids is 1. The molecule has 0 saturated carbocycles. The van der Waals surface area contributed by atoms with Crippen LogP contribution in [0.25, 0.3) is 11.4 Å². The maximum Gasteiger partial charge on any atom is 0.336 e. The van der Waals surface area contributed by atoms with Crippen LogP contribution in [0.1, 0.15) is 45.3 Å². The molecule has 0 aliphatic carbocycles. The first-order chi connectivity index (χ1) is 13.0. The largest absolute Gasteiger partial charge is 0.478 e. The molecule has 0 radical (unpaired) electrons. The smallest absolute Gasteiger partial charge is 0.336 e. The molecule has 1 aromatic heterocycles. The molecule has 3 aromatic rings. The van der Waals surface area contributed by atoms with E-state index in [0.29, 0.717) is 23.6 Å². The highest BCUT2D eigenvalue weighted by atomic mass is 16.4. The molecule has 0 aliphatic heterocycles. The van der Waals surface area contributed by atoms with Gasteiger partial charge in [-0.2, -0.15) is 0 Å². The molecule has 0 amide bonds. The molecule has 138 valence electrons. The molecule has 0 fully saturated rings. The van der Waals surface area contributed by atoms with Crippen molar-refractivity contribution < 1.29 is 14.7 Å². The van der Waals surface area contributed by atoms with Crippen molar-refractivity contribution in [2.75, 3.05) is 0 Å². The zero-order valence-electron chi connectivity index (χ0n) is 15.5. The summed E-state index contributed by atoms with van der Waals surface area (Å²) < 4.78 is 1.89. The number of ketones is 1. The van der Waals surface area contributed by atoms with Gasteiger partial charge in [0.2, 0.25) is 0 Å². The number of carbonyl (C=O) groups excluding carboxylic acids is 1. The highest BCUT2D eigenvalue weighted by Gasteiger charge is 2.19. The van der Waals surface area contributed by atoms with Gasteiger partial charge in [0.15, 0.2) is 5.78 Å². The summed E-state index contributed by atoms with van der Waals surface area (Å²) in [5.41, 5.74) is 3.18. The Bertz CT molecular complexity index is 974. The van der Waals surface area contributed by atoms with Crippen LogP contribution in [0.2, 0.25) is 0 Å². The van der Waals surface area contributed by atoms with Crippen molar-refractivity contribution in [3.63, 3.8) is 0 Å². The van der Waals surface area contributed by atoms with Crippen molar-refractivity contribution in [3.8, 4) is 11.4 Å². The van der Waals surface area contributed by atoms with Gasteiger partial charge in [0.25, 0.3) is 0 Å². The van der Waals surface area contributed by atoms with E-state index in [2.05, 4.69) is 17.1 Å². The molecule has 5 nitrogen and oxygen atoms in total. The number of carbonyl (C=O) groups is 2. The lowest BCUT2D eigenvalue weighted by atomic mass is 10.0. The SMILES string of the molecule is CC(=O)c1cn(CCCc2ccccc2)c(-c2ccc(C)cc2C(=O)O)n1. The fourth-order valence-electron chi connectivity index (χ4n) is 3.10. The molecular weight excluding hydrogens is 340 g/mol. The quantitative estimate of drug-likeness (QED) is 0.633. The van der Waals surface area contributed by atoms with Crippen LogP contribution in [0.3, 0.4) is 0 Å². The van der Waals surface area contributed by atoms with E-state index in [0.717, 1.165) is 18.4 Å². The third kappa shape index (κ3) is 4.31. The summed E-state index contributed by atoms with van der Waals surface area (Å²) in [4.78, 5) is 27.9. The van der Waals surface area contributed by atoms with Crippen LogP contribution in [0, 0.1) is 6.92 Å². The highest BCUT2D eigenvalue weighted by Crippen LogP contribution is 2.25. The summed E-state index contributed by atoms with van der Waals surface area (Å²) in [7, 11) is 0. The molecule has 2 aromatic carbocycles. The Hall–Kier alpha value is -3.21. The van der Waals surface area contributed by atoms with Crippen molar-refractivity contribution in [1.82, 2.24) is 9.55 Å². The molecule has 1 N–H and O–H groups in total. The van der Waals surface area contributed by atoms with Gasteiger partial charge < -0.3 is 9.67 Å². The third-order valence-electron chi connectivity index (χ3n) is 4.49. The average molecular weight is 362 g/mol. The summed E-state index contributed by atoms with van der Waals surface area (Å²) in [6, 6.07) is 15.4. The van der Waals surface area contributed by atoms with Crippen molar-refractivity contribution in [1.29, 1.82) is 0 Å². The van der Waals surface area contributed by atoms with Crippen LogP contribution < -0.4 is 0 Å². The molecule has 3 rings (SSSR count). The van der Waals surface area contributed by atoms with Gasteiger partial charge in [0.05, 0.1) is 5.56 Å². The van der Waals surface area contributed by atoms with Gasteiger partial charge in [-0.1, -0.05) is 48.0 Å². The van der Waals surface area contributed by atoms with Crippen molar-refractivity contribution in [2.45, 2.75) is 33.2 Å². The van der Waals surface area contributed by atoms with Crippen LogP contribution in [-0.2, 0) is 13.0 Å². The molecule has 1 heterocycles. The van der Waals surface area contributed by atoms with Gasteiger partial charge in [-0.15, -0.1) is 0 Å². The van der Waals surface area contributed by atoms with Crippen molar-refractivity contribution in [2.24, 2.45) is 0 Å². The normalized spacial score (nSPS) is 10.7. The summed E-state index contributed by atoms with van der Waals surface area (Å²) in [5, 5.41) is 9.58. The third-order valence-corrected chi connectivity index (χ3v) is 4.49. The Morgan fingerprint density at radius 2 is 1.85 bits per heavy atom. The number of aryl methyl sites for hydroxylation is 3. The Labute approximate surface area is 158 Å². The number of benzene rings is 2. The predicted octanol–water partition coefficient (Wildman–Crippen LogP) is 4.39. The second kappa shape index (κ2) is 7.99. The molecule has 5 heteroatoms. The Balaban J connectivity index is 1.93. The molecular formula is C22H22N2O3. The second-order valence-corrected chi connectivity index (χ2v) is 6.64. The predicted molar refractivity (Wildman–Crippen MR) is 104 cm³/mol. The van der Waals surface area contributed by atoms with Gasteiger partial charge in [0, 0.05) is 25.2 Å². The summed E-state index contributed by atoms with van der Waals surface area (Å²) in [6.45, 7) is 3.97. The lowest BCUT2D eigenvalue weighted by molar-refractivity contribution is 0.0697. The van der Waals surface area contributed by atoms with Gasteiger partial charge in [-0.25, -0.2) is 9.78 Å². The van der Waals surface area contributed by atoms with Crippen LogP contribution in [0.15, 0.2) is 54.7 Å². The number of Topliss-reactive ketones (excluding diaryl/α,β-unsaturated/α-hetero) is 1. The minimum atomic E-state index is -1.00. The second-order valence-electron chi connectivity index (χ2n) is 6.64. The zero-order valence-corrected chi connectivity index (χ0v) is 15.5. The Kier molecular flexibility index (Phi) is 5.50. The van der Waals surface area contributed by atoms with Crippen LogP contribution in [0.5, 0.6) is 0 Å². The lowest BCUT2D eigenvalue weighted by Gasteiger charge is -2.11. The molecule has 0 unspecified atom stereocenters. The number of rotatable bonds is 7. The monoisotopic (exact) mass is 362 g/mol. The molecule has 0 aliphatic rings. The zero-order chi connectivity index (χ0) is 19.4. The Morgan fingerprint density at radius 1 is 1.11 bits per heavy atom. The summed E-state index contributed by atoms with van der Waals surface area (Å²) in [6.07, 6.45) is 3.47. The van der Waals surface area contributed by atoms with E-state index in [-0.39, 0.29) is 11.3 Å². The number of imidazole rings is 1. The van der Waals surface area contributed by atoms with Gasteiger partial charge in [-0.3, -0.25) is 4.79 Å². The number of hydrogen-bond donors (Lipinski definition) is 1. The first-order valence-electron chi connectivity index (χ1n) is 8.92. The lowest BCUT2D eigenvalue weighted by Crippen LogP contribution is -2.06. The van der Waals surface area contributed by atoms with E-state index in [1.807, 2.05) is 35.8 Å². The molecule has 0 spiro atoms.